The fourth-order valence-electron chi connectivity index (χ4n) is 2.67. The Bertz CT molecular complexity index is 411. The molecule has 0 aromatic heterocycles. The summed E-state index contributed by atoms with van der Waals surface area (Å²) >= 11 is 0. The first-order valence-corrected chi connectivity index (χ1v) is 6.69. The highest BCUT2D eigenvalue weighted by Crippen LogP contribution is 2.32. The molecule has 0 saturated heterocycles. The van der Waals surface area contributed by atoms with E-state index in [0.717, 1.165) is 24.8 Å². The standard InChI is InChI=1S/C15H21NO/c1-11-3-6-15-14(7-11)10-16(8-12(2)17-15)9-13-4-5-13/h3,6-7,12-13H,4-5,8-10H2,1-2H3. The molecule has 2 aliphatic rings. The zero-order valence-electron chi connectivity index (χ0n) is 10.8. The first kappa shape index (κ1) is 11.1. The van der Waals surface area contributed by atoms with Crippen molar-refractivity contribution in [2.45, 2.75) is 39.3 Å². The molecule has 0 amide bonds. The van der Waals surface area contributed by atoms with E-state index >= 15 is 0 Å². The van der Waals surface area contributed by atoms with E-state index in [1.807, 2.05) is 0 Å². The summed E-state index contributed by atoms with van der Waals surface area (Å²) in [5.74, 6) is 2.04. The lowest BCUT2D eigenvalue weighted by atomic mass is 10.1. The van der Waals surface area contributed by atoms with Crippen molar-refractivity contribution >= 4 is 0 Å². The fraction of sp³-hybridized carbons (Fsp3) is 0.600. The predicted octanol–water partition coefficient (Wildman–Crippen LogP) is 2.99. The quantitative estimate of drug-likeness (QED) is 0.776. The van der Waals surface area contributed by atoms with Crippen molar-refractivity contribution in [1.29, 1.82) is 0 Å². The third-order valence-electron chi connectivity index (χ3n) is 3.67. The van der Waals surface area contributed by atoms with Crippen molar-refractivity contribution in [3.8, 4) is 5.75 Å². The van der Waals surface area contributed by atoms with E-state index in [1.165, 1.54) is 30.5 Å². The average molecular weight is 231 g/mol. The summed E-state index contributed by atoms with van der Waals surface area (Å²) in [5.41, 5.74) is 2.68. The van der Waals surface area contributed by atoms with Crippen LogP contribution in [0.15, 0.2) is 18.2 Å². The van der Waals surface area contributed by atoms with Crippen molar-refractivity contribution in [3.63, 3.8) is 0 Å². The van der Waals surface area contributed by atoms with Crippen LogP contribution in [0.2, 0.25) is 0 Å². The summed E-state index contributed by atoms with van der Waals surface area (Å²) in [5, 5.41) is 0. The minimum Gasteiger partial charge on any atom is -0.489 e. The van der Waals surface area contributed by atoms with Crippen LogP contribution >= 0.6 is 0 Å². The van der Waals surface area contributed by atoms with Crippen LogP contribution in [-0.4, -0.2) is 24.1 Å². The highest BCUT2D eigenvalue weighted by atomic mass is 16.5. The van der Waals surface area contributed by atoms with E-state index in [9.17, 15) is 0 Å². The Labute approximate surface area is 104 Å². The molecule has 1 aromatic rings. The maximum atomic E-state index is 6.00. The van der Waals surface area contributed by atoms with Gasteiger partial charge in [-0.2, -0.15) is 0 Å². The molecular weight excluding hydrogens is 210 g/mol. The van der Waals surface area contributed by atoms with Crippen LogP contribution in [0.4, 0.5) is 0 Å². The molecule has 1 fully saturated rings. The van der Waals surface area contributed by atoms with Crippen LogP contribution < -0.4 is 4.74 Å². The zero-order chi connectivity index (χ0) is 11.8. The molecule has 17 heavy (non-hydrogen) atoms. The summed E-state index contributed by atoms with van der Waals surface area (Å²) < 4.78 is 6.00. The van der Waals surface area contributed by atoms with Gasteiger partial charge in [0.2, 0.25) is 0 Å². The second kappa shape index (κ2) is 4.34. The fourth-order valence-corrected chi connectivity index (χ4v) is 2.67. The van der Waals surface area contributed by atoms with Crippen LogP contribution in [0.1, 0.15) is 30.9 Å². The monoisotopic (exact) mass is 231 g/mol. The summed E-state index contributed by atoms with van der Waals surface area (Å²) in [4.78, 5) is 2.56. The summed E-state index contributed by atoms with van der Waals surface area (Å²) in [6, 6.07) is 6.54. The van der Waals surface area contributed by atoms with E-state index < -0.39 is 0 Å². The van der Waals surface area contributed by atoms with Gasteiger partial charge in [0.25, 0.3) is 0 Å². The number of hydrogen-bond acceptors (Lipinski definition) is 2. The van der Waals surface area contributed by atoms with Gasteiger partial charge in [-0.05, 0) is 38.7 Å². The lowest BCUT2D eigenvalue weighted by molar-refractivity contribution is 0.157. The molecule has 1 aliphatic heterocycles. The normalized spacial score (nSPS) is 24.9. The predicted molar refractivity (Wildman–Crippen MR) is 69.3 cm³/mol. The Balaban J connectivity index is 1.82. The molecule has 0 N–H and O–H groups in total. The van der Waals surface area contributed by atoms with Gasteiger partial charge in [-0.15, -0.1) is 0 Å². The Morgan fingerprint density at radius 2 is 2.18 bits per heavy atom. The first-order chi connectivity index (χ1) is 8.20. The van der Waals surface area contributed by atoms with E-state index in [1.54, 1.807) is 0 Å². The van der Waals surface area contributed by atoms with Gasteiger partial charge < -0.3 is 4.74 Å². The highest BCUT2D eigenvalue weighted by Gasteiger charge is 2.27. The Kier molecular flexibility index (Phi) is 2.83. The van der Waals surface area contributed by atoms with E-state index in [2.05, 4.69) is 36.9 Å². The van der Waals surface area contributed by atoms with Crippen LogP contribution in [0.5, 0.6) is 5.75 Å². The SMILES string of the molecule is Cc1ccc2c(c1)CN(CC1CC1)CC(C)O2. The Morgan fingerprint density at radius 1 is 1.35 bits per heavy atom. The largest absolute Gasteiger partial charge is 0.489 e. The Hall–Kier alpha value is -1.02. The number of benzene rings is 1. The number of aryl methyl sites for hydroxylation is 1. The minimum absolute atomic E-state index is 0.303. The summed E-state index contributed by atoms with van der Waals surface area (Å²) in [6.45, 7) is 7.69. The lowest BCUT2D eigenvalue weighted by Crippen LogP contribution is -2.32. The highest BCUT2D eigenvalue weighted by molar-refractivity contribution is 5.37. The lowest BCUT2D eigenvalue weighted by Gasteiger charge is -2.21. The van der Waals surface area contributed by atoms with E-state index in [0.29, 0.717) is 6.10 Å². The van der Waals surface area contributed by atoms with Crippen LogP contribution in [0.25, 0.3) is 0 Å². The maximum Gasteiger partial charge on any atom is 0.124 e. The van der Waals surface area contributed by atoms with Gasteiger partial charge in [0.1, 0.15) is 11.9 Å². The van der Waals surface area contributed by atoms with Crippen LogP contribution in [-0.2, 0) is 6.54 Å². The van der Waals surface area contributed by atoms with Crippen molar-refractivity contribution in [1.82, 2.24) is 4.90 Å². The van der Waals surface area contributed by atoms with Crippen molar-refractivity contribution < 1.29 is 4.74 Å². The Morgan fingerprint density at radius 3 is 2.94 bits per heavy atom. The van der Waals surface area contributed by atoms with Gasteiger partial charge in [-0.3, -0.25) is 4.90 Å². The van der Waals surface area contributed by atoms with E-state index in [4.69, 9.17) is 4.74 Å². The van der Waals surface area contributed by atoms with Crippen molar-refractivity contribution in [2.24, 2.45) is 5.92 Å². The van der Waals surface area contributed by atoms with Gasteiger partial charge in [-0.1, -0.05) is 17.7 Å². The van der Waals surface area contributed by atoms with Gasteiger partial charge in [-0.25, -0.2) is 0 Å². The molecule has 92 valence electrons. The number of nitrogens with zero attached hydrogens (tertiary/aromatic N) is 1. The molecule has 1 aliphatic carbocycles. The third-order valence-corrected chi connectivity index (χ3v) is 3.67. The molecule has 3 rings (SSSR count). The number of ether oxygens (including phenoxy) is 1. The molecule has 0 bridgehead atoms. The topological polar surface area (TPSA) is 12.5 Å². The van der Waals surface area contributed by atoms with Crippen molar-refractivity contribution in [3.05, 3.63) is 29.3 Å². The molecule has 1 heterocycles. The molecule has 2 heteroatoms. The number of hydrogen-bond donors (Lipinski definition) is 0. The van der Waals surface area contributed by atoms with Crippen LogP contribution in [0, 0.1) is 12.8 Å². The maximum absolute atomic E-state index is 6.00. The number of fused-ring (bicyclic) bond motifs is 1. The molecule has 1 atom stereocenters. The first-order valence-electron chi connectivity index (χ1n) is 6.69. The van der Waals surface area contributed by atoms with Gasteiger partial charge in [0.15, 0.2) is 0 Å². The van der Waals surface area contributed by atoms with Crippen LogP contribution in [0.3, 0.4) is 0 Å². The molecule has 2 nitrogen and oxygen atoms in total. The molecular formula is C15H21NO. The van der Waals surface area contributed by atoms with Crippen molar-refractivity contribution in [2.75, 3.05) is 13.1 Å². The van der Waals surface area contributed by atoms with Gasteiger partial charge >= 0.3 is 0 Å². The summed E-state index contributed by atoms with van der Waals surface area (Å²) in [6.07, 6.45) is 3.15. The smallest absolute Gasteiger partial charge is 0.124 e. The van der Waals surface area contributed by atoms with Gasteiger partial charge in [0.05, 0.1) is 0 Å². The number of rotatable bonds is 2. The van der Waals surface area contributed by atoms with Gasteiger partial charge in [0, 0.05) is 25.2 Å². The molecule has 1 saturated carbocycles. The second-order valence-corrected chi connectivity index (χ2v) is 5.68. The summed E-state index contributed by atoms with van der Waals surface area (Å²) in [7, 11) is 0. The molecule has 1 aromatic carbocycles. The van der Waals surface area contributed by atoms with E-state index in [-0.39, 0.29) is 0 Å². The average Bonchev–Trinajstić information content (AvgIpc) is 3.05. The zero-order valence-corrected chi connectivity index (χ0v) is 10.8. The molecule has 0 radical (unpaired) electrons. The molecule has 0 spiro atoms. The second-order valence-electron chi connectivity index (χ2n) is 5.68. The minimum atomic E-state index is 0.303. The third kappa shape index (κ3) is 2.63. The molecule has 1 unspecified atom stereocenters.